The second-order valence-electron chi connectivity index (χ2n) is 4.98. The van der Waals surface area contributed by atoms with Gasteiger partial charge < -0.3 is 9.84 Å². The van der Waals surface area contributed by atoms with Gasteiger partial charge in [-0.2, -0.15) is 4.98 Å². The second kappa shape index (κ2) is 4.75. The Morgan fingerprint density at radius 3 is 2.53 bits per heavy atom. The molecular formula is C11H21N3O. The molecule has 0 atom stereocenters. The molecule has 0 spiro atoms. The SMILES string of the molecule is Cc1nc(CNCC(C)(C)C(C)C)no1. The lowest BCUT2D eigenvalue weighted by Crippen LogP contribution is -2.33. The molecule has 4 heteroatoms. The highest BCUT2D eigenvalue weighted by atomic mass is 16.5. The van der Waals surface area contributed by atoms with Crippen LogP contribution >= 0.6 is 0 Å². The summed E-state index contributed by atoms with van der Waals surface area (Å²) in [5, 5.41) is 7.18. The van der Waals surface area contributed by atoms with Crippen molar-refractivity contribution in [3.63, 3.8) is 0 Å². The van der Waals surface area contributed by atoms with E-state index in [9.17, 15) is 0 Å². The molecule has 0 aliphatic rings. The van der Waals surface area contributed by atoms with Crippen LogP contribution in [0, 0.1) is 18.3 Å². The summed E-state index contributed by atoms with van der Waals surface area (Å²) in [5.74, 6) is 2.00. The highest BCUT2D eigenvalue weighted by Crippen LogP contribution is 2.24. The summed E-state index contributed by atoms with van der Waals surface area (Å²) in [6.07, 6.45) is 0. The normalized spacial score (nSPS) is 12.4. The van der Waals surface area contributed by atoms with E-state index in [0.29, 0.717) is 23.8 Å². The number of aromatic nitrogens is 2. The highest BCUT2D eigenvalue weighted by molar-refractivity contribution is 4.84. The Kier molecular flexibility index (Phi) is 3.85. The van der Waals surface area contributed by atoms with Gasteiger partial charge in [0.1, 0.15) is 0 Å². The molecule has 1 N–H and O–H groups in total. The van der Waals surface area contributed by atoms with Gasteiger partial charge in [-0.25, -0.2) is 0 Å². The molecule has 86 valence electrons. The van der Waals surface area contributed by atoms with Gasteiger partial charge >= 0.3 is 0 Å². The summed E-state index contributed by atoms with van der Waals surface area (Å²) in [6.45, 7) is 12.4. The van der Waals surface area contributed by atoms with E-state index in [1.807, 2.05) is 0 Å². The van der Waals surface area contributed by atoms with Crippen molar-refractivity contribution < 1.29 is 4.52 Å². The van der Waals surface area contributed by atoms with Gasteiger partial charge in [0.05, 0.1) is 6.54 Å². The van der Waals surface area contributed by atoms with E-state index in [1.165, 1.54) is 0 Å². The molecule has 0 unspecified atom stereocenters. The molecular weight excluding hydrogens is 190 g/mol. The Bertz CT molecular complexity index is 305. The number of nitrogens with zero attached hydrogens (tertiary/aromatic N) is 2. The maximum atomic E-state index is 4.89. The lowest BCUT2D eigenvalue weighted by atomic mass is 9.81. The quantitative estimate of drug-likeness (QED) is 0.810. The first-order chi connectivity index (χ1) is 6.92. The van der Waals surface area contributed by atoms with Crippen LogP contribution in [0.3, 0.4) is 0 Å². The molecule has 4 nitrogen and oxygen atoms in total. The molecule has 0 aliphatic carbocycles. The van der Waals surface area contributed by atoms with Gasteiger partial charge in [0.25, 0.3) is 0 Å². The molecule has 1 heterocycles. The maximum absolute atomic E-state index is 4.89. The molecule has 0 aromatic carbocycles. The number of nitrogens with one attached hydrogen (secondary N) is 1. The van der Waals surface area contributed by atoms with Crippen molar-refractivity contribution in [2.75, 3.05) is 6.54 Å². The topological polar surface area (TPSA) is 51.0 Å². The van der Waals surface area contributed by atoms with E-state index in [4.69, 9.17) is 4.52 Å². The first-order valence-corrected chi connectivity index (χ1v) is 5.42. The fourth-order valence-electron chi connectivity index (χ4n) is 1.11. The Morgan fingerprint density at radius 2 is 2.07 bits per heavy atom. The van der Waals surface area contributed by atoms with E-state index >= 15 is 0 Å². The summed E-state index contributed by atoms with van der Waals surface area (Å²) in [4.78, 5) is 4.13. The van der Waals surface area contributed by atoms with Gasteiger partial charge in [-0.1, -0.05) is 32.9 Å². The summed E-state index contributed by atoms with van der Waals surface area (Å²) < 4.78 is 4.89. The van der Waals surface area contributed by atoms with Crippen molar-refractivity contribution in [1.82, 2.24) is 15.5 Å². The van der Waals surface area contributed by atoms with E-state index in [-0.39, 0.29) is 0 Å². The Labute approximate surface area is 91.5 Å². The zero-order valence-corrected chi connectivity index (χ0v) is 10.3. The Morgan fingerprint density at radius 1 is 1.40 bits per heavy atom. The summed E-state index contributed by atoms with van der Waals surface area (Å²) in [5.41, 5.74) is 0.290. The minimum absolute atomic E-state index is 0.290. The third kappa shape index (κ3) is 3.63. The van der Waals surface area contributed by atoms with Crippen LogP contribution in [0.4, 0.5) is 0 Å². The fraction of sp³-hybridized carbons (Fsp3) is 0.818. The standard InChI is InChI=1S/C11H21N3O/c1-8(2)11(4,5)7-12-6-10-13-9(3)15-14-10/h8,12H,6-7H2,1-5H3. The molecule has 0 saturated heterocycles. The van der Waals surface area contributed by atoms with E-state index < -0.39 is 0 Å². The maximum Gasteiger partial charge on any atom is 0.223 e. The lowest BCUT2D eigenvalue weighted by Gasteiger charge is -2.29. The van der Waals surface area contributed by atoms with Crippen LogP contribution < -0.4 is 5.32 Å². The van der Waals surface area contributed by atoms with Crippen molar-refractivity contribution in [3.8, 4) is 0 Å². The van der Waals surface area contributed by atoms with Gasteiger partial charge in [0.15, 0.2) is 5.82 Å². The number of aryl methyl sites for hydroxylation is 1. The van der Waals surface area contributed by atoms with E-state index in [2.05, 4.69) is 43.2 Å². The first-order valence-electron chi connectivity index (χ1n) is 5.42. The number of rotatable bonds is 5. The zero-order chi connectivity index (χ0) is 11.5. The van der Waals surface area contributed by atoms with Crippen LogP contribution in [-0.2, 0) is 6.54 Å². The average molecular weight is 211 g/mol. The van der Waals surface area contributed by atoms with Crippen LogP contribution in [0.1, 0.15) is 39.4 Å². The smallest absolute Gasteiger partial charge is 0.223 e. The van der Waals surface area contributed by atoms with Crippen LogP contribution in [-0.4, -0.2) is 16.7 Å². The first kappa shape index (κ1) is 12.2. The molecule has 0 fully saturated rings. The lowest BCUT2D eigenvalue weighted by molar-refractivity contribution is 0.236. The summed E-state index contributed by atoms with van der Waals surface area (Å²) >= 11 is 0. The van der Waals surface area contributed by atoms with Crippen LogP contribution in [0.5, 0.6) is 0 Å². The number of hydrogen-bond acceptors (Lipinski definition) is 4. The van der Waals surface area contributed by atoms with E-state index in [0.717, 1.165) is 12.4 Å². The Balaban J connectivity index is 2.33. The van der Waals surface area contributed by atoms with Crippen molar-refractivity contribution in [2.45, 2.75) is 41.2 Å². The third-order valence-electron chi connectivity index (χ3n) is 3.00. The van der Waals surface area contributed by atoms with Crippen LogP contribution in [0.25, 0.3) is 0 Å². The molecule has 0 radical (unpaired) electrons. The van der Waals surface area contributed by atoms with Crippen LogP contribution in [0.2, 0.25) is 0 Å². The minimum Gasteiger partial charge on any atom is -0.340 e. The highest BCUT2D eigenvalue weighted by Gasteiger charge is 2.21. The third-order valence-corrected chi connectivity index (χ3v) is 3.00. The largest absolute Gasteiger partial charge is 0.340 e. The van der Waals surface area contributed by atoms with Crippen LogP contribution in [0.15, 0.2) is 4.52 Å². The average Bonchev–Trinajstić information content (AvgIpc) is 2.51. The van der Waals surface area contributed by atoms with Crippen molar-refractivity contribution in [1.29, 1.82) is 0 Å². The molecule has 0 aliphatic heterocycles. The van der Waals surface area contributed by atoms with Crippen molar-refractivity contribution >= 4 is 0 Å². The van der Waals surface area contributed by atoms with Gasteiger partial charge in [0, 0.05) is 13.5 Å². The van der Waals surface area contributed by atoms with E-state index in [1.54, 1.807) is 6.92 Å². The molecule has 15 heavy (non-hydrogen) atoms. The van der Waals surface area contributed by atoms with Gasteiger partial charge in [-0.05, 0) is 11.3 Å². The van der Waals surface area contributed by atoms with Crippen molar-refractivity contribution in [2.24, 2.45) is 11.3 Å². The summed E-state index contributed by atoms with van der Waals surface area (Å²) in [6, 6.07) is 0. The Hall–Kier alpha value is -0.900. The van der Waals surface area contributed by atoms with Gasteiger partial charge in [-0.3, -0.25) is 0 Å². The molecule has 0 amide bonds. The minimum atomic E-state index is 0.290. The zero-order valence-electron chi connectivity index (χ0n) is 10.3. The molecule has 1 aromatic heterocycles. The van der Waals surface area contributed by atoms with Gasteiger partial charge in [0.2, 0.25) is 5.89 Å². The molecule has 1 rings (SSSR count). The monoisotopic (exact) mass is 211 g/mol. The predicted molar refractivity (Wildman–Crippen MR) is 59.4 cm³/mol. The fourth-order valence-corrected chi connectivity index (χ4v) is 1.11. The van der Waals surface area contributed by atoms with Gasteiger partial charge in [-0.15, -0.1) is 0 Å². The second-order valence-corrected chi connectivity index (χ2v) is 4.98. The molecule has 1 aromatic rings. The predicted octanol–water partition coefficient (Wildman–Crippen LogP) is 2.15. The molecule has 0 saturated carbocycles. The number of hydrogen-bond donors (Lipinski definition) is 1. The molecule has 0 bridgehead atoms. The summed E-state index contributed by atoms with van der Waals surface area (Å²) in [7, 11) is 0. The van der Waals surface area contributed by atoms with Crippen molar-refractivity contribution in [3.05, 3.63) is 11.7 Å².